The Morgan fingerprint density at radius 3 is 3.05 bits per heavy atom. The predicted molar refractivity (Wildman–Crippen MR) is 81.7 cm³/mol. The molecule has 21 heavy (non-hydrogen) atoms. The largest absolute Gasteiger partial charge is 0.483 e. The highest BCUT2D eigenvalue weighted by Crippen LogP contribution is 2.33. The maximum absolute atomic E-state index is 11.5. The van der Waals surface area contributed by atoms with Gasteiger partial charge in [-0.15, -0.1) is 0 Å². The highest BCUT2D eigenvalue weighted by molar-refractivity contribution is 8.00. The molecule has 0 aromatic heterocycles. The second-order valence-corrected chi connectivity index (χ2v) is 6.54. The molecule has 0 saturated carbocycles. The number of thioether (sulfide) groups is 1. The molecule has 2 aliphatic rings. The van der Waals surface area contributed by atoms with Gasteiger partial charge < -0.3 is 20.7 Å². The molecule has 0 aromatic rings. The first kappa shape index (κ1) is 15.9. The lowest BCUT2D eigenvalue weighted by molar-refractivity contribution is -0.121. The van der Waals surface area contributed by atoms with E-state index < -0.39 is 0 Å². The number of fused-ring (bicyclic) bond motifs is 1. The standard InChI is InChI=1S/C13H22N4O3S/c1-20-10(14)6-15-11(18)5-3-2-4-9-12-8(7-21-9)16-13(19)17-12/h8-9,12,14H,2-7H2,1H3,(H,15,18)(H2,16,17,19). The fourth-order valence-corrected chi connectivity index (χ4v) is 4.16. The third-order valence-corrected chi connectivity index (χ3v) is 5.28. The molecule has 2 heterocycles. The number of amides is 3. The molecular weight excluding hydrogens is 292 g/mol. The Hall–Kier alpha value is -1.44. The number of urea groups is 1. The summed E-state index contributed by atoms with van der Waals surface area (Å²) in [6.07, 6.45) is 3.26. The molecule has 118 valence electrons. The number of rotatable bonds is 7. The van der Waals surface area contributed by atoms with Crippen molar-refractivity contribution in [2.24, 2.45) is 0 Å². The molecule has 0 aliphatic carbocycles. The number of carbonyl (C=O) groups excluding carboxylic acids is 2. The second-order valence-electron chi connectivity index (χ2n) is 5.27. The van der Waals surface area contributed by atoms with Gasteiger partial charge in [0.1, 0.15) is 0 Å². The molecule has 7 nitrogen and oxygen atoms in total. The predicted octanol–water partition coefficient (Wildman–Crippen LogP) is 0.452. The van der Waals surface area contributed by atoms with Crippen LogP contribution in [0.4, 0.5) is 4.79 Å². The molecule has 3 amide bonds. The van der Waals surface area contributed by atoms with Crippen LogP contribution in [0.3, 0.4) is 0 Å². The van der Waals surface area contributed by atoms with E-state index in [0.717, 1.165) is 25.0 Å². The molecule has 0 spiro atoms. The van der Waals surface area contributed by atoms with Crippen molar-refractivity contribution in [3.05, 3.63) is 0 Å². The average Bonchev–Trinajstić information content (AvgIpc) is 3.00. The van der Waals surface area contributed by atoms with Crippen LogP contribution in [0.15, 0.2) is 0 Å². The van der Waals surface area contributed by atoms with Crippen LogP contribution in [0.25, 0.3) is 0 Å². The molecule has 3 atom stereocenters. The quantitative estimate of drug-likeness (QED) is 0.237. The van der Waals surface area contributed by atoms with Gasteiger partial charge >= 0.3 is 6.03 Å². The number of carbonyl (C=O) groups is 2. The van der Waals surface area contributed by atoms with Crippen molar-refractivity contribution in [2.45, 2.75) is 43.0 Å². The molecule has 0 aromatic carbocycles. The summed E-state index contributed by atoms with van der Waals surface area (Å²) in [5, 5.41) is 16.2. The van der Waals surface area contributed by atoms with Crippen molar-refractivity contribution in [1.82, 2.24) is 16.0 Å². The van der Waals surface area contributed by atoms with Crippen molar-refractivity contribution in [1.29, 1.82) is 5.41 Å². The molecule has 2 aliphatic heterocycles. The van der Waals surface area contributed by atoms with Crippen LogP contribution in [0.5, 0.6) is 0 Å². The van der Waals surface area contributed by atoms with E-state index in [0.29, 0.717) is 11.7 Å². The first-order chi connectivity index (χ1) is 10.1. The summed E-state index contributed by atoms with van der Waals surface area (Å²) < 4.78 is 4.67. The van der Waals surface area contributed by atoms with E-state index >= 15 is 0 Å². The Morgan fingerprint density at radius 1 is 1.48 bits per heavy atom. The number of unbranched alkanes of at least 4 members (excludes halogenated alkanes) is 1. The van der Waals surface area contributed by atoms with Gasteiger partial charge in [-0.05, 0) is 12.8 Å². The van der Waals surface area contributed by atoms with Gasteiger partial charge in [0.2, 0.25) is 5.91 Å². The number of nitrogens with one attached hydrogen (secondary N) is 4. The lowest BCUT2D eigenvalue weighted by Gasteiger charge is -2.16. The Bertz CT molecular complexity index is 418. The highest BCUT2D eigenvalue weighted by atomic mass is 32.2. The summed E-state index contributed by atoms with van der Waals surface area (Å²) in [7, 11) is 1.41. The van der Waals surface area contributed by atoms with E-state index in [1.54, 1.807) is 0 Å². The van der Waals surface area contributed by atoms with Crippen molar-refractivity contribution in [3.63, 3.8) is 0 Å². The van der Waals surface area contributed by atoms with Crippen LogP contribution < -0.4 is 16.0 Å². The summed E-state index contributed by atoms with van der Waals surface area (Å²) in [5.74, 6) is 0.971. The third-order valence-electron chi connectivity index (χ3n) is 3.77. The van der Waals surface area contributed by atoms with Gasteiger partial charge in [0.15, 0.2) is 5.90 Å². The Balaban J connectivity index is 1.57. The van der Waals surface area contributed by atoms with E-state index in [9.17, 15) is 9.59 Å². The molecule has 2 saturated heterocycles. The molecule has 0 radical (unpaired) electrons. The lowest BCUT2D eigenvalue weighted by Crippen LogP contribution is -2.36. The van der Waals surface area contributed by atoms with Gasteiger partial charge in [0.05, 0.1) is 25.7 Å². The van der Waals surface area contributed by atoms with Crippen LogP contribution in [0.2, 0.25) is 0 Å². The third kappa shape index (κ3) is 4.52. The average molecular weight is 314 g/mol. The van der Waals surface area contributed by atoms with E-state index in [-0.39, 0.29) is 36.5 Å². The molecule has 4 N–H and O–H groups in total. The van der Waals surface area contributed by atoms with Gasteiger partial charge in [-0.25, -0.2) is 4.79 Å². The van der Waals surface area contributed by atoms with Crippen molar-refractivity contribution < 1.29 is 14.3 Å². The SMILES string of the molecule is COC(=N)CNC(=O)CCCCC1SCC2NC(=O)NC21. The molecule has 2 fully saturated rings. The fraction of sp³-hybridized carbons (Fsp3) is 0.769. The van der Waals surface area contributed by atoms with E-state index in [2.05, 4.69) is 20.7 Å². The van der Waals surface area contributed by atoms with Gasteiger partial charge in [-0.3, -0.25) is 10.2 Å². The molecule has 3 unspecified atom stereocenters. The Kier molecular flexibility index (Phi) is 5.72. The van der Waals surface area contributed by atoms with Crippen molar-refractivity contribution >= 4 is 29.6 Å². The highest BCUT2D eigenvalue weighted by Gasteiger charge is 2.42. The van der Waals surface area contributed by atoms with Crippen LogP contribution in [-0.4, -0.2) is 54.6 Å². The van der Waals surface area contributed by atoms with Gasteiger partial charge in [0.25, 0.3) is 0 Å². The number of hydrogen-bond acceptors (Lipinski definition) is 5. The summed E-state index contributed by atoms with van der Waals surface area (Å²) in [6, 6.07) is 0.435. The number of methoxy groups -OCH3 is 1. The smallest absolute Gasteiger partial charge is 0.315 e. The number of ether oxygens (including phenoxy) is 1. The van der Waals surface area contributed by atoms with E-state index in [1.165, 1.54) is 7.11 Å². The van der Waals surface area contributed by atoms with Crippen LogP contribution in [0, 0.1) is 5.41 Å². The molecular formula is C13H22N4O3S. The summed E-state index contributed by atoms with van der Waals surface area (Å²) in [5.41, 5.74) is 0. The zero-order valence-electron chi connectivity index (χ0n) is 12.1. The Labute approximate surface area is 128 Å². The molecule has 2 rings (SSSR count). The molecule has 0 bridgehead atoms. The minimum absolute atomic E-state index is 0.0513. The summed E-state index contributed by atoms with van der Waals surface area (Å²) >= 11 is 1.89. The Morgan fingerprint density at radius 2 is 2.29 bits per heavy atom. The minimum atomic E-state index is -0.0599. The van der Waals surface area contributed by atoms with E-state index in [4.69, 9.17) is 5.41 Å². The maximum atomic E-state index is 11.5. The minimum Gasteiger partial charge on any atom is -0.483 e. The maximum Gasteiger partial charge on any atom is 0.315 e. The van der Waals surface area contributed by atoms with Gasteiger partial charge in [0, 0.05) is 17.4 Å². The topological polar surface area (TPSA) is 103 Å². The van der Waals surface area contributed by atoms with Gasteiger partial charge in [-0.1, -0.05) is 6.42 Å². The van der Waals surface area contributed by atoms with Crippen LogP contribution in [0.1, 0.15) is 25.7 Å². The summed E-state index contributed by atoms with van der Waals surface area (Å²) in [6.45, 7) is 0.148. The first-order valence-electron chi connectivity index (χ1n) is 7.17. The van der Waals surface area contributed by atoms with E-state index in [1.807, 2.05) is 11.8 Å². The first-order valence-corrected chi connectivity index (χ1v) is 8.21. The monoisotopic (exact) mass is 314 g/mol. The number of hydrogen-bond donors (Lipinski definition) is 4. The zero-order chi connectivity index (χ0) is 15.2. The lowest BCUT2D eigenvalue weighted by atomic mass is 10.0. The zero-order valence-corrected chi connectivity index (χ0v) is 12.9. The molecule has 8 heteroatoms. The summed E-state index contributed by atoms with van der Waals surface area (Å²) in [4.78, 5) is 22.8. The van der Waals surface area contributed by atoms with Gasteiger partial charge in [-0.2, -0.15) is 11.8 Å². The van der Waals surface area contributed by atoms with Crippen molar-refractivity contribution in [3.8, 4) is 0 Å². The second kappa shape index (κ2) is 7.53. The fourth-order valence-electron chi connectivity index (χ4n) is 2.61. The van der Waals surface area contributed by atoms with Crippen molar-refractivity contribution in [2.75, 3.05) is 19.4 Å². The van der Waals surface area contributed by atoms with Crippen LogP contribution in [-0.2, 0) is 9.53 Å². The van der Waals surface area contributed by atoms with Crippen LogP contribution >= 0.6 is 11.8 Å². The normalized spacial score (nSPS) is 26.7.